The van der Waals surface area contributed by atoms with Crippen molar-refractivity contribution in [1.29, 1.82) is 0 Å². The molecular formula is C12H17NO3. The Kier molecular flexibility index (Phi) is 5.36. The average Bonchev–Trinajstić information content (AvgIpc) is 2.34. The van der Waals surface area contributed by atoms with Gasteiger partial charge in [-0.05, 0) is 19.1 Å². The van der Waals surface area contributed by atoms with Crippen LogP contribution in [0.4, 0.5) is 5.69 Å². The van der Waals surface area contributed by atoms with Gasteiger partial charge < -0.3 is 14.8 Å². The van der Waals surface area contributed by atoms with Crippen molar-refractivity contribution >= 4 is 11.7 Å². The molecule has 0 aromatic heterocycles. The summed E-state index contributed by atoms with van der Waals surface area (Å²) < 4.78 is 10.2. The molecule has 88 valence electrons. The summed E-state index contributed by atoms with van der Waals surface area (Å²) in [6.45, 7) is 3.25. The Morgan fingerprint density at radius 3 is 2.75 bits per heavy atom. The summed E-state index contributed by atoms with van der Waals surface area (Å²) >= 11 is 0. The van der Waals surface area contributed by atoms with Gasteiger partial charge in [0.2, 0.25) is 0 Å². The molecule has 0 bridgehead atoms. The molecule has 0 radical (unpaired) electrons. The van der Waals surface area contributed by atoms with Gasteiger partial charge >= 0.3 is 5.97 Å². The molecule has 0 spiro atoms. The molecule has 1 rings (SSSR count). The number of benzene rings is 1. The molecule has 0 fully saturated rings. The first kappa shape index (κ1) is 12.5. The van der Waals surface area contributed by atoms with Gasteiger partial charge in [-0.3, -0.25) is 0 Å². The summed E-state index contributed by atoms with van der Waals surface area (Å²) in [6, 6.07) is 7.23. The van der Waals surface area contributed by atoms with Crippen molar-refractivity contribution < 1.29 is 14.3 Å². The molecule has 0 aliphatic rings. The van der Waals surface area contributed by atoms with Crippen LogP contribution < -0.4 is 5.32 Å². The third kappa shape index (κ3) is 3.55. The van der Waals surface area contributed by atoms with Crippen molar-refractivity contribution in [3.8, 4) is 0 Å². The lowest BCUT2D eigenvalue weighted by Crippen LogP contribution is -2.12. The second kappa shape index (κ2) is 6.85. The molecule has 4 nitrogen and oxygen atoms in total. The van der Waals surface area contributed by atoms with Gasteiger partial charge in [0, 0.05) is 19.3 Å². The van der Waals surface area contributed by atoms with Crippen molar-refractivity contribution in [3.05, 3.63) is 29.8 Å². The first-order valence-corrected chi connectivity index (χ1v) is 5.31. The van der Waals surface area contributed by atoms with Crippen LogP contribution in [0.1, 0.15) is 17.3 Å². The molecule has 16 heavy (non-hydrogen) atoms. The van der Waals surface area contributed by atoms with Gasteiger partial charge in [0.1, 0.15) is 6.61 Å². The van der Waals surface area contributed by atoms with Crippen molar-refractivity contribution in [2.24, 2.45) is 0 Å². The largest absolute Gasteiger partial charge is 0.460 e. The second-order valence-corrected chi connectivity index (χ2v) is 3.13. The maximum absolute atomic E-state index is 11.7. The minimum absolute atomic E-state index is 0.282. The average molecular weight is 223 g/mol. The molecule has 0 aliphatic heterocycles. The number of nitrogens with one attached hydrogen (secondary N) is 1. The fourth-order valence-electron chi connectivity index (χ4n) is 1.29. The van der Waals surface area contributed by atoms with E-state index >= 15 is 0 Å². The molecule has 4 heteroatoms. The summed E-state index contributed by atoms with van der Waals surface area (Å²) in [5.41, 5.74) is 1.31. The van der Waals surface area contributed by atoms with Crippen LogP contribution in [0, 0.1) is 0 Å². The zero-order chi connectivity index (χ0) is 11.8. The van der Waals surface area contributed by atoms with E-state index in [1.54, 1.807) is 19.2 Å². The molecule has 0 unspecified atom stereocenters. The summed E-state index contributed by atoms with van der Waals surface area (Å²) in [5.74, 6) is -0.329. The van der Waals surface area contributed by atoms with Gasteiger partial charge in [0.15, 0.2) is 0 Å². The highest BCUT2D eigenvalue weighted by Crippen LogP contribution is 2.14. The summed E-state index contributed by atoms with van der Waals surface area (Å²) in [4.78, 5) is 11.7. The number of hydrogen-bond donors (Lipinski definition) is 1. The smallest absolute Gasteiger partial charge is 0.340 e. The lowest BCUT2D eigenvalue weighted by Gasteiger charge is -2.08. The van der Waals surface area contributed by atoms with Crippen LogP contribution in [0.3, 0.4) is 0 Å². The molecule has 1 N–H and O–H groups in total. The van der Waals surface area contributed by atoms with Gasteiger partial charge in [-0.15, -0.1) is 0 Å². The molecule has 0 amide bonds. The zero-order valence-corrected chi connectivity index (χ0v) is 9.66. The zero-order valence-electron chi connectivity index (χ0n) is 9.66. The van der Waals surface area contributed by atoms with E-state index in [1.807, 2.05) is 19.1 Å². The highest BCUT2D eigenvalue weighted by atomic mass is 16.6. The van der Waals surface area contributed by atoms with E-state index in [2.05, 4.69) is 5.32 Å². The topological polar surface area (TPSA) is 47.6 Å². The first-order chi connectivity index (χ1) is 7.79. The van der Waals surface area contributed by atoms with Gasteiger partial charge in [-0.25, -0.2) is 4.79 Å². The Hall–Kier alpha value is -1.55. The van der Waals surface area contributed by atoms with Crippen LogP contribution in [0.5, 0.6) is 0 Å². The summed E-state index contributed by atoms with van der Waals surface area (Å²) in [5, 5.41) is 2.95. The Labute approximate surface area is 95.6 Å². The Bertz CT molecular complexity index is 339. The molecular weight excluding hydrogens is 206 g/mol. The van der Waals surface area contributed by atoms with Crippen LogP contribution in [0.15, 0.2) is 24.3 Å². The SMILES string of the molecule is CCOCCOC(=O)c1ccccc1NC. The molecule has 1 aromatic rings. The third-order valence-corrected chi connectivity index (χ3v) is 2.08. The van der Waals surface area contributed by atoms with E-state index in [1.165, 1.54) is 0 Å². The van der Waals surface area contributed by atoms with Crippen molar-refractivity contribution in [2.75, 3.05) is 32.2 Å². The number of ether oxygens (including phenoxy) is 2. The van der Waals surface area contributed by atoms with E-state index in [4.69, 9.17) is 9.47 Å². The predicted molar refractivity (Wildman–Crippen MR) is 62.8 cm³/mol. The number of rotatable bonds is 6. The van der Waals surface area contributed by atoms with Crippen LogP contribution in [0.25, 0.3) is 0 Å². The van der Waals surface area contributed by atoms with Gasteiger partial charge in [0.05, 0.1) is 12.2 Å². The first-order valence-electron chi connectivity index (χ1n) is 5.31. The lowest BCUT2D eigenvalue weighted by molar-refractivity contribution is 0.0336. The quantitative estimate of drug-likeness (QED) is 0.591. The molecule has 0 saturated heterocycles. The van der Waals surface area contributed by atoms with Crippen LogP contribution >= 0.6 is 0 Å². The number of hydrogen-bond acceptors (Lipinski definition) is 4. The third-order valence-electron chi connectivity index (χ3n) is 2.08. The molecule has 0 atom stereocenters. The standard InChI is InChI=1S/C12H17NO3/c1-3-15-8-9-16-12(14)10-6-4-5-7-11(10)13-2/h4-7,13H,3,8-9H2,1-2H3. The van der Waals surface area contributed by atoms with E-state index in [0.29, 0.717) is 18.8 Å². The number of esters is 1. The summed E-state index contributed by atoms with van der Waals surface area (Å²) in [7, 11) is 1.77. The Balaban J connectivity index is 2.52. The second-order valence-electron chi connectivity index (χ2n) is 3.13. The van der Waals surface area contributed by atoms with Crippen molar-refractivity contribution in [1.82, 2.24) is 0 Å². The summed E-state index contributed by atoms with van der Waals surface area (Å²) in [6.07, 6.45) is 0. The fourth-order valence-corrected chi connectivity index (χ4v) is 1.29. The lowest BCUT2D eigenvalue weighted by atomic mass is 10.2. The van der Waals surface area contributed by atoms with Gasteiger partial charge in [-0.2, -0.15) is 0 Å². The van der Waals surface area contributed by atoms with Crippen LogP contribution in [-0.4, -0.2) is 32.8 Å². The maximum Gasteiger partial charge on any atom is 0.340 e. The monoisotopic (exact) mass is 223 g/mol. The molecule has 0 aliphatic carbocycles. The number of para-hydroxylation sites is 1. The molecule has 0 heterocycles. The Morgan fingerprint density at radius 2 is 2.06 bits per heavy atom. The van der Waals surface area contributed by atoms with Crippen LogP contribution in [-0.2, 0) is 9.47 Å². The fraction of sp³-hybridized carbons (Fsp3) is 0.417. The van der Waals surface area contributed by atoms with Crippen molar-refractivity contribution in [2.45, 2.75) is 6.92 Å². The molecule has 0 saturated carbocycles. The molecule has 1 aromatic carbocycles. The normalized spacial score (nSPS) is 9.88. The number of anilines is 1. The maximum atomic E-state index is 11.7. The van der Waals surface area contributed by atoms with Crippen molar-refractivity contribution in [3.63, 3.8) is 0 Å². The van der Waals surface area contributed by atoms with E-state index in [-0.39, 0.29) is 12.6 Å². The predicted octanol–water partition coefficient (Wildman–Crippen LogP) is 1.92. The van der Waals surface area contributed by atoms with E-state index in [0.717, 1.165) is 5.69 Å². The van der Waals surface area contributed by atoms with Gasteiger partial charge in [-0.1, -0.05) is 12.1 Å². The highest BCUT2D eigenvalue weighted by Gasteiger charge is 2.10. The van der Waals surface area contributed by atoms with E-state index < -0.39 is 0 Å². The number of carbonyl (C=O) groups is 1. The Morgan fingerprint density at radius 1 is 1.31 bits per heavy atom. The van der Waals surface area contributed by atoms with Gasteiger partial charge in [0.25, 0.3) is 0 Å². The minimum atomic E-state index is -0.329. The highest BCUT2D eigenvalue weighted by molar-refractivity contribution is 5.95. The minimum Gasteiger partial charge on any atom is -0.460 e. The van der Waals surface area contributed by atoms with Crippen LogP contribution in [0.2, 0.25) is 0 Å². The number of carbonyl (C=O) groups excluding carboxylic acids is 1. The van der Waals surface area contributed by atoms with E-state index in [9.17, 15) is 4.79 Å².